The first-order chi connectivity index (χ1) is 7.33. The summed E-state index contributed by atoms with van der Waals surface area (Å²) in [6, 6.07) is 0.334. The molecule has 1 aromatic rings. The minimum absolute atomic E-state index is 0.334. The zero-order valence-electron chi connectivity index (χ0n) is 9.00. The molecule has 2 N–H and O–H groups in total. The number of nitrogens with two attached hydrogens (primary N) is 1. The number of imidazole rings is 1. The van der Waals surface area contributed by atoms with E-state index < -0.39 is 0 Å². The summed E-state index contributed by atoms with van der Waals surface area (Å²) in [6.07, 6.45) is 13.3. The molecule has 15 heavy (non-hydrogen) atoms. The van der Waals surface area contributed by atoms with Gasteiger partial charge >= 0.3 is 0 Å². The summed E-state index contributed by atoms with van der Waals surface area (Å²) >= 11 is 0. The van der Waals surface area contributed by atoms with E-state index in [1.54, 1.807) is 0 Å². The lowest BCUT2D eigenvalue weighted by Gasteiger charge is -2.19. The van der Waals surface area contributed by atoms with Crippen LogP contribution in [0.4, 0.5) is 0 Å². The zero-order chi connectivity index (χ0) is 10.7. The molecular weight excluding hydrogens is 186 g/mol. The fourth-order valence-corrected chi connectivity index (χ4v) is 1.94. The highest BCUT2D eigenvalue weighted by molar-refractivity contribution is 5.18. The van der Waals surface area contributed by atoms with Crippen LogP contribution in [0.25, 0.3) is 0 Å². The van der Waals surface area contributed by atoms with Gasteiger partial charge in [-0.25, -0.2) is 4.98 Å². The third-order valence-electron chi connectivity index (χ3n) is 2.88. The van der Waals surface area contributed by atoms with Crippen LogP contribution in [-0.4, -0.2) is 16.1 Å². The maximum atomic E-state index is 5.79. The van der Waals surface area contributed by atoms with Gasteiger partial charge in [0.25, 0.3) is 0 Å². The third-order valence-corrected chi connectivity index (χ3v) is 2.88. The van der Waals surface area contributed by atoms with E-state index in [-0.39, 0.29) is 0 Å². The van der Waals surface area contributed by atoms with Crippen LogP contribution in [0, 0.1) is 0 Å². The van der Waals surface area contributed by atoms with Crippen LogP contribution in [0.15, 0.2) is 36.8 Å². The van der Waals surface area contributed by atoms with Crippen molar-refractivity contribution in [1.29, 1.82) is 0 Å². The average molecular weight is 203 g/mol. The Morgan fingerprint density at radius 2 is 2.40 bits per heavy atom. The molecule has 2 heterocycles. The number of rotatable bonds is 1. The molecule has 0 fully saturated rings. The molecule has 0 bridgehead atoms. The first-order valence-electron chi connectivity index (χ1n) is 5.38. The summed E-state index contributed by atoms with van der Waals surface area (Å²) < 4.78 is 2.20. The molecule has 1 aliphatic rings. The Kier molecular flexibility index (Phi) is 3.02. The fraction of sp³-hybridized carbons (Fsp3) is 0.417. The van der Waals surface area contributed by atoms with Gasteiger partial charge in [0.05, 0.1) is 12.4 Å². The predicted octanol–water partition coefficient (Wildman–Crippen LogP) is 2.00. The van der Waals surface area contributed by atoms with Crippen LogP contribution < -0.4 is 5.73 Å². The van der Waals surface area contributed by atoms with Crippen molar-refractivity contribution in [3.8, 4) is 0 Å². The van der Waals surface area contributed by atoms with E-state index in [1.807, 2.05) is 12.5 Å². The summed E-state index contributed by atoms with van der Waals surface area (Å²) in [7, 11) is 0. The average Bonchev–Trinajstić information content (AvgIpc) is 2.71. The molecule has 2 rings (SSSR count). The van der Waals surface area contributed by atoms with Crippen LogP contribution in [0.2, 0.25) is 0 Å². The maximum absolute atomic E-state index is 5.79. The van der Waals surface area contributed by atoms with Crippen LogP contribution in [0.5, 0.6) is 0 Å². The van der Waals surface area contributed by atoms with Gasteiger partial charge in [0.2, 0.25) is 0 Å². The van der Waals surface area contributed by atoms with E-state index in [1.165, 1.54) is 5.69 Å². The van der Waals surface area contributed by atoms with E-state index >= 15 is 0 Å². The normalized spacial score (nSPS) is 29.7. The molecule has 0 aromatic carbocycles. The molecule has 0 saturated heterocycles. The molecule has 3 nitrogen and oxygen atoms in total. The SMILES string of the molecule is CC1/C=C\C=C/CC(CN)n2cncc21. The Labute approximate surface area is 90.3 Å². The van der Waals surface area contributed by atoms with Crippen LogP contribution in [0.1, 0.15) is 31.0 Å². The zero-order valence-corrected chi connectivity index (χ0v) is 9.00. The molecule has 0 radical (unpaired) electrons. The molecule has 2 atom stereocenters. The molecular formula is C12H17N3. The molecule has 0 spiro atoms. The number of hydrogen-bond acceptors (Lipinski definition) is 2. The Hall–Kier alpha value is -1.35. The van der Waals surface area contributed by atoms with Crippen LogP contribution in [-0.2, 0) is 0 Å². The Bertz CT molecular complexity index is 376. The summed E-state index contributed by atoms with van der Waals surface area (Å²) in [5.41, 5.74) is 7.03. The topological polar surface area (TPSA) is 43.8 Å². The van der Waals surface area contributed by atoms with E-state index in [2.05, 4.69) is 40.8 Å². The molecule has 0 amide bonds. The van der Waals surface area contributed by atoms with Gasteiger partial charge in [-0.2, -0.15) is 0 Å². The lowest BCUT2D eigenvalue weighted by molar-refractivity contribution is 0.497. The lowest BCUT2D eigenvalue weighted by atomic mass is 10.1. The van der Waals surface area contributed by atoms with Crippen molar-refractivity contribution in [3.05, 3.63) is 42.5 Å². The minimum atomic E-state index is 0.334. The van der Waals surface area contributed by atoms with Gasteiger partial charge in [-0.05, 0) is 6.42 Å². The maximum Gasteiger partial charge on any atom is 0.0951 e. The number of hydrogen-bond donors (Lipinski definition) is 1. The Morgan fingerprint density at radius 1 is 1.53 bits per heavy atom. The Morgan fingerprint density at radius 3 is 3.20 bits per heavy atom. The second-order valence-corrected chi connectivity index (χ2v) is 3.95. The second kappa shape index (κ2) is 4.45. The van der Waals surface area contributed by atoms with Crippen molar-refractivity contribution in [2.24, 2.45) is 5.73 Å². The molecule has 0 aliphatic carbocycles. The highest BCUT2D eigenvalue weighted by atomic mass is 15.1. The van der Waals surface area contributed by atoms with Gasteiger partial charge in [-0.3, -0.25) is 0 Å². The standard InChI is InChI=1S/C12H17N3/c1-10-5-3-2-4-6-11(7-13)15-9-14-8-12(10)15/h2-5,8-11H,6-7,13H2,1H3/b4-2-,5-3-. The number of allylic oxidation sites excluding steroid dienone is 4. The molecule has 1 aromatic heterocycles. The number of fused-ring (bicyclic) bond motifs is 1. The number of aromatic nitrogens is 2. The van der Waals surface area contributed by atoms with Crippen molar-refractivity contribution in [3.63, 3.8) is 0 Å². The van der Waals surface area contributed by atoms with Gasteiger partial charge in [-0.1, -0.05) is 31.2 Å². The minimum Gasteiger partial charge on any atom is -0.329 e. The van der Waals surface area contributed by atoms with Crippen LogP contribution >= 0.6 is 0 Å². The molecule has 0 saturated carbocycles. The van der Waals surface area contributed by atoms with Gasteiger partial charge in [-0.15, -0.1) is 0 Å². The fourth-order valence-electron chi connectivity index (χ4n) is 1.94. The lowest BCUT2D eigenvalue weighted by Crippen LogP contribution is -2.20. The first-order valence-corrected chi connectivity index (χ1v) is 5.38. The first kappa shape index (κ1) is 10.2. The predicted molar refractivity (Wildman–Crippen MR) is 61.6 cm³/mol. The molecule has 1 aliphatic heterocycles. The summed E-state index contributed by atoms with van der Waals surface area (Å²) in [6.45, 7) is 2.83. The molecule has 3 heteroatoms. The van der Waals surface area contributed by atoms with Crippen molar-refractivity contribution >= 4 is 0 Å². The largest absolute Gasteiger partial charge is 0.329 e. The molecule has 80 valence electrons. The van der Waals surface area contributed by atoms with E-state index in [9.17, 15) is 0 Å². The van der Waals surface area contributed by atoms with E-state index in [0.29, 0.717) is 18.5 Å². The highest BCUT2D eigenvalue weighted by Crippen LogP contribution is 2.23. The monoisotopic (exact) mass is 203 g/mol. The van der Waals surface area contributed by atoms with Crippen molar-refractivity contribution in [1.82, 2.24) is 9.55 Å². The van der Waals surface area contributed by atoms with Crippen molar-refractivity contribution in [2.75, 3.05) is 6.54 Å². The van der Waals surface area contributed by atoms with Gasteiger partial charge in [0, 0.05) is 24.4 Å². The Balaban J connectivity index is 2.40. The molecule has 2 unspecified atom stereocenters. The highest BCUT2D eigenvalue weighted by Gasteiger charge is 2.15. The third kappa shape index (κ3) is 2.02. The quantitative estimate of drug-likeness (QED) is 0.758. The summed E-state index contributed by atoms with van der Waals surface area (Å²) in [4.78, 5) is 4.22. The van der Waals surface area contributed by atoms with Gasteiger partial charge in [0.1, 0.15) is 0 Å². The second-order valence-electron chi connectivity index (χ2n) is 3.95. The van der Waals surface area contributed by atoms with Gasteiger partial charge in [0.15, 0.2) is 0 Å². The van der Waals surface area contributed by atoms with E-state index in [4.69, 9.17) is 5.73 Å². The van der Waals surface area contributed by atoms with Crippen LogP contribution in [0.3, 0.4) is 0 Å². The summed E-state index contributed by atoms with van der Waals surface area (Å²) in [5.74, 6) is 0.393. The smallest absolute Gasteiger partial charge is 0.0951 e. The van der Waals surface area contributed by atoms with Gasteiger partial charge < -0.3 is 10.3 Å². The van der Waals surface area contributed by atoms with Crippen molar-refractivity contribution < 1.29 is 0 Å². The van der Waals surface area contributed by atoms with Crippen molar-refractivity contribution in [2.45, 2.75) is 25.3 Å². The van der Waals surface area contributed by atoms with E-state index in [0.717, 1.165) is 6.42 Å². The summed E-state index contributed by atoms with van der Waals surface area (Å²) in [5, 5.41) is 0. The number of nitrogens with zero attached hydrogens (tertiary/aromatic N) is 2.